The van der Waals surface area contributed by atoms with Gasteiger partial charge in [0.05, 0.1) is 5.71 Å². The number of nitrogens with two attached hydrogens (primary N) is 2. The molecule has 0 saturated heterocycles. The maximum Gasteiger partial charge on any atom is 0.211 e. The fourth-order valence-electron chi connectivity index (χ4n) is 0.882. The summed E-state index contributed by atoms with van der Waals surface area (Å²) >= 11 is 5.74. The summed E-state index contributed by atoms with van der Waals surface area (Å²) in [6.45, 7) is 1.82. The highest BCUT2D eigenvalue weighted by Crippen LogP contribution is 2.10. The van der Waals surface area contributed by atoms with E-state index in [9.17, 15) is 0 Å². The van der Waals surface area contributed by atoms with Gasteiger partial charge in [-0.15, -0.1) is 5.10 Å². The van der Waals surface area contributed by atoms with Gasteiger partial charge < -0.3 is 11.5 Å². The van der Waals surface area contributed by atoms with Crippen LogP contribution in [0.25, 0.3) is 0 Å². The molecule has 4 nitrogen and oxygen atoms in total. The summed E-state index contributed by atoms with van der Waals surface area (Å²) in [5.41, 5.74) is 11.9. The molecule has 0 fully saturated rings. The van der Waals surface area contributed by atoms with Gasteiger partial charge >= 0.3 is 0 Å². The van der Waals surface area contributed by atoms with Crippen molar-refractivity contribution in [3.05, 3.63) is 34.9 Å². The molecule has 74 valence electrons. The number of guanidine groups is 1. The van der Waals surface area contributed by atoms with Crippen molar-refractivity contribution >= 4 is 23.3 Å². The highest BCUT2D eigenvalue weighted by molar-refractivity contribution is 6.30. The Balaban J connectivity index is 2.89. The molecule has 0 aliphatic rings. The molecule has 0 amide bonds. The van der Waals surface area contributed by atoms with Crippen molar-refractivity contribution in [2.45, 2.75) is 6.92 Å². The first-order valence-corrected chi connectivity index (χ1v) is 4.36. The van der Waals surface area contributed by atoms with Crippen LogP contribution < -0.4 is 11.5 Å². The highest BCUT2D eigenvalue weighted by atomic mass is 35.5. The number of nitrogens with zero attached hydrogens (tertiary/aromatic N) is 2. The SMILES string of the molecule is CC(=NN=C(N)N)c1ccc(Cl)cc1. The van der Waals surface area contributed by atoms with Crippen LogP contribution in [0.1, 0.15) is 12.5 Å². The normalized spacial score (nSPS) is 11.1. The molecular formula is C9H11ClN4. The molecule has 1 rings (SSSR count). The lowest BCUT2D eigenvalue weighted by Crippen LogP contribution is -2.22. The topological polar surface area (TPSA) is 76.8 Å². The Kier molecular flexibility index (Phi) is 3.48. The molecule has 5 heteroatoms. The quantitative estimate of drug-likeness (QED) is 0.439. The number of hydrogen-bond acceptors (Lipinski definition) is 2. The van der Waals surface area contributed by atoms with Gasteiger partial charge in [-0.2, -0.15) is 5.10 Å². The van der Waals surface area contributed by atoms with Gasteiger partial charge in [-0.05, 0) is 24.6 Å². The second-order valence-corrected chi connectivity index (χ2v) is 3.15. The summed E-state index contributed by atoms with van der Waals surface area (Å²) in [6, 6.07) is 7.27. The van der Waals surface area contributed by atoms with E-state index >= 15 is 0 Å². The third-order valence-electron chi connectivity index (χ3n) is 1.58. The Hall–Kier alpha value is -1.55. The van der Waals surface area contributed by atoms with Crippen LogP contribution in [0.15, 0.2) is 34.5 Å². The standard InChI is InChI=1S/C9H11ClN4/c1-6(13-14-9(11)12)7-2-4-8(10)5-3-7/h2-5H,1H3,(H4,11,12,14). The van der Waals surface area contributed by atoms with Crippen molar-refractivity contribution in [1.82, 2.24) is 0 Å². The van der Waals surface area contributed by atoms with Crippen molar-refractivity contribution in [2.24, 2.45) is 21.7 Å². The van der Waals surface area contributed by atoms with Gasteiger partial charge in [0, 0.05) is 5.02 Å². The summed E-state index contributed by atoms with van der Waals surface area (Å²) in [6.07, 6.45) is 0. The summed E-state index contributed by atoms with van der Waals surface area (Å²) in [7, 11) is 0. The van der Waals surface area contributed by atoms with Crippen LogP contribution in [0.3, 0.4) is 0 Å². The third-order valence-corrected chi connectivity index (χ3v) is 1.83. The summed E-state index contributed by atoms with van der Waals surface area (Å²) < 4.78 is 0. The van der Waals surface area contributed by atoms with E-state index in [1.165, 1.54) is 0 Å². The maximum atomic E-state index is 5.74. The molecule has 4 N–H and O–H groups in total. The van der Waals surface area contributed by atoms with E-state index in [-0.39, 0.29) is 5.96 Å². The predicted octanol–water partition coefficient (Wildman–Crippen LogP) is 1.34. The Morgan fingerprint density at radius 1 is 1.14 bits per heavy atom. The molecule has 0 aliphatic heterocycles. The molecular weight excluding hydrogens is 200 g/mol. The molecule has 0 bridgehead atoms. The van der Waals surface area contributed by atoms with Gasteiger partial charge in [0.1, 0.15) is 0 Å². The van der Waals surface area contributed by atoms with Crippen molar-refractivity contribution in [2.75, 3.05) is 0 Å². The first-order chi connectivity index (χ1) is 6.59. The fourth-order valence-corrected chi connectivity index (χ4v) is 1.01. The van der Waals surface area contributed by atoms with Crippen LogP contribution in [0, 0.1) is 0 Å². The molecule has 14 heavy (non-hydrogen) atoms. The predicted molar refractivity (Wildman–Crippen MR) is 59.5 cm³/mol. The van der Waals surface area contributed by atoms with E-state index in [1.807, 2.05) is 19.1 Å². The number of hydrogen-bond donors (Lipinski definition) is 2. The van der Waals surface area contributed by atoms with Gasteiger partial charge in [-0.3, -0.25) is 0 Å². The molecule has 0 aromatic heterocycles. The molecule has 1 aromatic carbocycles. The Labute approximate surface area is 87.3 Å². The lowest BCUT2D eigenvalue weighted by molar-refractivity contribution is 1.20. The van der Waals surface area contributed by atoms with Crippen molar-refractivity contribution in [3.63, 3.8) is 0 Å². The average molecular weight is 211 g/mol. The zero-order valence-corrected chi connectivity index (χ0v) is 8.49. The van der Waals surface area contributed by atoms with E-state index in [0.29, 0.717) is 5.02 Å². The lowest BCUT2D eigenvalue weighted by Gasteiger charge is -1.98. The van der Waals surface area contributed by atoms with Crippen molar-refractivity contribution in [1.29, 1.82) is 0 Å². The number of benzene rings is 1. The molecule has 1 aromatic rings. The zero-order chi connectivity index (χ0) is 10.6. The third kappa shape index (κ3) is 3.06. The van der Waals surface area contributed by atoms with Gasteiger partial charge in [0.15, 0.2) is 0 Å². The smallest absolute Gasteiger partial charge is 0.211 e. The van der Waals surface area contributed by atoms with Gasteiger partial charge in [-0.1, -0.05) is 23.7 Å². The monoisotopic (exact) mass is 210 g/mol. The van der Waals surface area contributed by atoms with Crippen LogP contribution >= 0.6 is 11.6 Å². The second kappa shape index (κ2) is 4.62. The van der Waals surface area contributed by atoms with Crippen LogP contribution in [0.2, 0.25) is 5.02 Å². The number of rotatable bonds is 2. The van der Waals surface area contributed by atoms with E-state index < -0.39 is 0 Å². The number of halogens is 1. The molecule has 0 atom stereocenters. The van der Waals surface area contributed by atoms with Crippen molar-refractivity contribution < 1.29 is 0 Å². The second-order valence-electron chi connectivity index (χ2n) is 2.72. The lowest BCUT2D eigenvalue weighted by atomic mass is 10.1. The first-order valence-electron chi connectivity index (χ1n) is 3.98. The van der Waals surface area contributed by atoms with E-state index in [4.69, 9.17) is 23.1 Å². The first kappa shape index (κ1) is 10.5. The molecule has 0 saturated carbocycles. The van der Waals surface area contributed by atoms with Crippen LogP contribution in [-0.4, -0.2) is 11.7 Å². The van der Waals surface area contributed by atoms with Crippen molar-refractivity contribution in [3.8, 4) is 0 Å². The Morgan fingerprint density at radius 2 is 1.71 bits per heavy atom. The minimum absolute atomic E-state index is 0.0571. The molecule has 0 spiro atoms. The van der Waals surface area contributed by atoms with E-state index in [0.717, 1.165) is 11.3 Å². The van der Waals surface area contributed by atoms with Gasteiger partial charge in [0.25, 0.3) is 0 Å². The molecule has 0 radical (unpaired) electrons. The van der Waals surface area contributed by atoms with Crippen LogP contribution in [-0.2, 0) is 0 Å². The zero-order valence-electron chi connectivity index (χ0n) is 7.74. The Morgan fingerprint density at radius 3 is 2.21 bits per heavy atom. The average Bonchev–Trinajstić information content (AvgIpc) is 2.15. The van der Waals surface area contributed by atoms with E-state index in [2.05, 4.69) is 10.2 Å². The minimum atomic E-state index is -0.0571. The fraction of sp³-hybridized carbons (Fsp3) is 0.111. The summed E-state index contributed by atoms with van der Waals surface area (Å²) in [5.74, 6) is -0.0571. The van der Waals surface area contributed by atoms with Gasteiger partial charge in [0.2, 0.25) is 5.96 Å². The Bertz CT molecular complexity index is 363. The minimum Gasteiger partial charge on any atom is -0.369 e. The van der Waals surface area contributed by atoms with E-state index in [1.54, 1.807) is 12.1 Å². The highest BCUT2D eigenvalue weighted by Gasteiger charge is 1.96. The summed E-state index contributed by atoms with van der Waals surface area (Å²) in [4.78, 5) is 0. The van der Waals surface area contributed by atoms with Gasteiger partial charge in [-0.25, -0.2) is 0 Å². The molecule has 0 aliphatic carbocycles. The van der Waals surface area contributed by atoms with Crippen LogP contribution in [0.4, 0.5) is 0 Å². The summed E-state index contributed by atoms with van der Waals surface area (Å²) in [5, 5.41) is 8.07. The largest absolute Gasteiger partial charge is 0.369 e. The molecule has 0 unspecified atom stereocenters. The van der Waals surface area contributed by atoms with Crippen LogP contribution in [0.5, 0.6) is 0 Å². The maximum absolute atomic E-state index is 5.74. The molecule has 0 heterocycles.